The molecule has 33 heavy (non-hydrogen) atoms. The van der Waals surface area contributed by atoms with Gasteiger partial charge in [-0.25, -0.2) is 14.5 Å². The van der Waals surface area contributed by atoms with E-state index in [1.807, 2.05) is 48.7 Å². The van der Waals surface area contributed by atoms with Crippen molar-refractivity contribution in [3.8, 4) is 5.82 Å². The molecule has 0 spiro atoms. The van der Waals surface area contributed by atoms with Gasteiger partial charge >= 0.3 is 6.09 Å². The minimum atomic E-state index is -0.654. The highest BCUT2D eigenvalue weighted by Crippen LogP contribution is 2.25. The first-order valence-electron chi connectivity index (χ1n) is 10.5. The molecule has 4 rings (SSSR count). The van der Waals surface area contributed by atoms with Gasteiger partial charge in [0.05, 0.1) is 11.3 Å². The maximum Gasteiger partial charge on any atom is 0.412 e. The number of rotatable bonds is 5. The average Bonchev–Trinajstić information content (AvgIpc) is 3.31. The summed E-state index contributed by atoms with van der Waals surface area (Å²) < 4.78 is 7.02. The second-order valence-electron chi connectivity index (χ2n) is 8.53. The van der Waals surface area contributed by atoms with E-state index in [-0.39, 0.29) is 12.5 Å². The molecular formula is C25H25N5O3. The molecule has 0 radical (unpaired) electrons. The van der Waals surface area contributed by atoms with Crippen LogP contribution in [-0.2, 0) is 11.3 Å². The van der Waals surface area contributed by atoms with E-state index in [1.54, 1.807) is 50.0 Å². The van der Waals surface area contributed by atoms with Crippen molar-refractivity contribution in [1.82, 2.24) is 20.1 Å². The third kappa shape index (κ3) is 5.54. The molecule has 0 atom stereocenters. The van der Waals surface area contributed by atoms with Gasteiger partial charge in [-0.2, -0.15) is 5.10 Å². The van der Waals surface area contributed by atoms with E-state index in [4.69, 9.17) is 4.74 Å². The molecule has 0 saturated carbocycles. The van der Waals surface area contributed by atoms with E-state index in [0.717, 1.165) is 16.3 Å². The number of carbonyl (C=O) groups excluding carboxylic acids is 2. The molecule has 0 aliphatic carbocycles. The second kappa shape index (κ2) is 9.12. The highest BCUT2D eigenvalue weighted by molar-refractivity contribution is 6.07. The smallest absolute Gasteiger partial charge is 0.412 e. The van der Waals surface area contributed by atoms with Crippen LogP contribution in [-0.4, -0.2) is 32.4 Å². The van der Waals surface area contributed by atoms with Crippen LogP contribution in [0, 0.1) is 0 Å². The maximum atomic E-state index is 13.1. The van der Waals surface area contributed by atoms with Crippen LogP contribution in [0.2, 0.25) is 0 Å². The molecule has 168 valence electrons. The van der Waals surface area contributed by atoms with E-state index in [9.17, 15) is 9.59 Å². The summed E-state index contributed by atoms with van der Waals surface area (Å²) in [6, 6.07) is 16.7. The fraction of sp³-hybridized carbons (Fsp3) is 0.200. The molecule has 4 aromatic rings. The van der Waals surface area contributed by atoms with Crippen molar-refractivity contribution < 1.29 is 14.3 Å². The summed E-state index contributed by atoms with van der Waals surface area (Å²) in [5.74, 6) is 0.372. The molecule has 0 aliphatic heterocycles. The summed E-state index contributed by atoms with van der Waals surface area (Å²) in [5, 5.41) is 11.6. The largest absolute Gasteiger partial charge is 0.444 e. The molecule has 8 heteroatoms. The number of fused-ring (bicyclic) bond motifs is 1. The van der Waals surface area contributed by atoms with Gasteiger partial charge < -0.3 is 10.1 Å². The van der Waals surface area contributed by atoms with Crippen molar-refractivity contribution >= 4 is 28.5 Å². The van der Waals surface area contributed by atoms with E-state index in [0.29, 0.717) is 17.1 Å². The molecule has 0 unspecified atom stereocenters. The highest BCUT2D eigenvalue weighted by atomic mass is 16.6. The summed E-state index contributed by atoms with van der Waals surface area (Å²) in [7, 11) is 0. The molecule has 0 fully saturated rings. The Bertz CT molecular complexity index is 1280. The quantitative estimate of drug-likeness (QED) is 0.466. The summed E-state index contributed by atoms with van der Waals surface area (Å²) in [6.45, 7) is 5.63. The van der Waals surface area contributed by atoms with Crippen LogP contribution in [0.15, 0.2) is 73.2 Å². The minimum Gasteiger partial charge on any atom is -0.444 e. The lowest BCUT2D eigenvalue weighted by molar-refractivity contribution is 0.0636. The predicted octanol–water partition coefficient (Wildman–Crippen LogP) is 4.70. The molecule has 0 bridgehead atoms. The predicted molar refractivity (Wildman–Crippen MR) is 126 cm³/mol. The number of aromatic nitrogens is 3. The zero-order chi connectivity index (χ0) is 23.4. The lowest BCUT2D eigenvalue weighted by Gasteiger charge is -2.20. The van der Waals surface area contributed by atoms with Crippen LogP contribution in [0.3, 0.4) is 0 Å². The number of pyridine rings is 1. The number of amides is 2. The van der Waals surface area contributed by atoms with E-state index >= 15 is 0 Å². The fourth-order valence-corrected chi connectivity index (χ4v) is 3.28. The Morgan fingerprint density at radius 3 is 2.42 bits per heavy atom. The molecule has 2 aromatic carbocycles. The number of nitrogens with zero attached hydrogens (tertiary/aromatic N) is 3. The number of ether oxygens (including phenoxy) is 1. The molecule has 2 aromatic heterocycles. The average molecular weight is 444 g/mol. The van der Waals surface area contributed by atoms with E-state index in [1.165, 1.54) is 0 Å². The second-order valence-corrected chi connectivity index (χ2v) is 8.53. The summed E-state index contributed by atoms with van der Waals surface area (Å²) in [4.78, 5) is 29.8. The van der Waals surface area contributed by atoms with Crippen molar-refractivity contribution in [3.05, 3.63) is 84.3 Å². The Morgan fingerprint density at radius 1 is 1.03 bits per heavy atom. The molecule has 0 saturated heterocycles. The first-order valence-corrected chi connectivity index (χ1v) is 10.5. The van der Waals surface area contributed by atoms with E-state index in [2.05, 4.69) is 20.7 Å². The molecule has 2 N–H and O–H groups in total. The van der Waals surface area contributed by atoms with Gasteiger partial charge in [0.25, 0.3) is 5.91 Å². The molecule has 8 nitrogen and oxygen atoms in total. The summed E-state index contributed by atoms with van der Waals surface area (Å²) in [6.07, 6.45) is 4.56. The topological polar surface area (TPSA) is 98.1 Å². The molecule has 0 aliphatic rings. The number of anilines is 1. The molecule has 2 amide bonds. The van der Waals surface area contributed by atoms with Crippen LogP contribution in [0.4, 0.5) is 10.5 Å². The van der Waals surface area contributed by atoms with Crippen molar-refractivity contribution in [2.45, 2.75) is 32.9 Å². The van der Waals surface area contributed by atoms with Crippen molar-refractivity contribution in [2.75, 3.05) is 5.32 Å². The van der Waals surface area contributed by atoms with Crippen molar-refractivity contribution in [3.63, 3.8) is 0 Å². The number of benzene rings is 2. The lowest BCUT2D eigenvalue weighted by Crippen LogP contribution is -2.29. The van der Waals surface area contributed by atoms with Gasteiger partial charge in [0.1, 0.15) is 5.60 Å². The van der Waals surface area contributed by atoms with Crippen LogP contribution in [0.5, 0.6) is 0 Å². The number of carbonyl (C=O) groups is 2. The lowest BCUT2D eigenvalue weighted by atomic mass is 10.0. The third-order valence-electron chi connectivity index (χ3n) is 4.77. The first kappa shape index (κ1) is 22.0. The zero-order valence-electron chi connectivity index (χ0n) is 18.7. The minimum absolute atomic E-state index is 0.282. The van der Waals surface area contributed by atoms with E-state index < -0.39 is 11.7 Å². The Kier molecular flexibility index (Phi) is 6.08. The van der Waals surface area contributed by atoms with Crippen LogP contribution in [0.1, 0.15) is 36.7 Å². The van der Waals surface area contributed by atoms with Crippen LogP contribution >= 0.6 is 0 Å². The standard InChI is InChI=1S/C25H25N5O3/c1-25(2,3)33-24(32)29-21-14-19-8-5-4-7-18(19)13-20(21)23(31)27-16-17-9-10-22(26-15-17)30-12-6-11-28-30/h4-15H,16H2,1-3H3,(H,27,31)(H,29,32). The highest BCUT2D eigenvalue weighted by Gasteiger charge is 2.20. The van der Waals surface area contributed by atoms with Gasteiger partial charge in [-0.3, -0.25) is 10.1 Å². The zero-order valence-corrected chi connectivity index (χ0v) is 18.7. The van der Waals surface area contributed by atoms with Crippen LogP contribution < -0.4 is 10.6 Å². The number of hydrogen-bond acceptors (Lipinski definition) is 5. The van der Waals surface area contributed by atoms with Gasteiger partial charge in [0.2, 0.25) is 0 Å². The van der Waals surface area contributed by atoms with Gasteiger partial charge in [-0.15, -0.1) is 0 Å². The maximum absolute atomic E-state index is 13.1. The van der Waals surface area contributed by atoms with Gasteiger partial charge in [0, 0.05) is 25.1 Å². The summed E-state index contributed by atoms with van der Waals surface area (Å²) >= 11 is 0. The Morgan fingerprint density at radius 2 is 1.79 bits per heavy atom. The van der Waals surface area contributed by atoms with Gasteiger partial charge in [0.15, 0.2) is 5.82 Å². The summed E-state index contributed by atoms with van der Waals surface area (Å²) in [5.41, 5.74) is 0.911. The van der Waals surface area contributed by atoms with Crippen molar-refractivity contribution in [1.29, 1.82) is 0 Å². The van der Waals surface area contributed by atoms with Gasteiger partial charge in [-0.1, -0.05) is 30.3 Å². The Hall–Kier alpha value is -4.20. The monoisotopic (exact) mass is 443 g/mol. The molecule has 2 heterocycles. The SMILES string of the molecule is CC(C)(C)OC(=O)Nc1cc2ccccc2cc1C(=O)NCc1ccc(-n2cccn2)nc1. The van der Waals surface area contributed by atoms with Gasteiger partial charge in [-0.05, 0) is 61.4 Å². The third-order valence-corrected chi connectivity index (χ3v) is 4.77. The molecular weight excluding hydrogens is 418 g/mol. The Balaban J connectivity index is 1.53. The first-order chi connectivity index (χ1) is 15.8. The number of nitrogens with one attached hydrogen (secondary N) is 2. The number of hydrogen-bond donors (Lipinski definition) is 2. The normalized spacial score (nSPS) is 11.2. The van der Waals surface area contributed by atoms with Crippen molar-refractivity contribution in [2.24, 2.45) is 0 Å². The fourth-order valence-electron chi connectivity index (χ4n) is 3.28. The Labute approximate surface area is 191 Å². The van der Waals surface area contributed by atoms with Crippen LogP contribution in [0.25, 0.3) is 16.6 Å².